The molecule has 3 heterocycles. The van der Waals surface area contributed by atoms with Crippen molar-refractivity contribution in [1.82, 2.24) is 19.9 Å². The standard InChI is InChI=1S/C23H26FN5O3S/c1-12-8-16(29-22-26-10-17(24)13(2)28-22)9-18(27-12)19-11-25-21(33-19)23(3,32)15-6-4-14(5-7-15)20(30)31/h8-11,14-15,32H,4-7H2,1-3H3,(H,30,31)(H,26,27,28,29). The van der Waals surface area contributed by atoms with Gasteiger partial charge in [-0.15, -0.1) is 11.3 Å². The van der Waals surface area contributed by atoms with Gasteiger partial charge in [0, 0.05) is 17.6 Å². The third-order valence-corrected chi connectivity index (χ3v) is 7.44. The third-order valence-electron chi connectivity index (χ3n) is 6.19. The lowest BCUT2D eigenvalue weighted by atomic mass is 9.74. The lowest BCUT2D eigenvalue weighted by Crippen LogP contribution is -2.35. The predicted octanol–water partition coefficient (Wildman–Crippen LogP) is 4.59. The SMILES string of the molecule is Cc1cc(Nc2ncc(F)c(C)n2)cc(-c2cnc(C(C)(O)C3CCC(C(=O)O)CC3)s2)n1. The molecular formula is C23H26FN5O3S. The number of thiazole rings is 1. The summed E-state index contributed by atoms with van der Waals surface area (Å²) in [7, 11) is 0. The highest BCUT2D eigenvalue weighted by molar-refractivity contribution is 7.15. The van der Waals surface area contributed by atoms with Crippen molar-refractivity contribution in [3.05, 3.63) is 46.7 Å². The third kappa shape index (κ3) is 5.01. The van der Waals surface area contributed by atoms with Crippen LogP contribution in [-0.2, 0) is 10.4 Å². The number of carbonyl (C=O) groups is 1. The Morgan fingerprint density at radius 3 is 2.55 bits per heavy atom. The summed E-state index contributed by atoms with van der Waals surface area (Å²) in [5.41, 5.74) is 1.27. The molecule has 1 fully saturated rings. The first-order valence-electron chi connectivity index (χ1n) is 10.8. The van der Waals surface area contributed by atoms with Crippen LogP contribution < -0.4 is 5.32 Å². The number of nitrogens with zero attached hydrogens (tertiary/aromatic N) is 4. The molecule has 8 nitrogen and oxygen atoms in total. The van der Waals surface area contributed by atoms with Crippen LogP contribution in [0.1, 0.15) is 49.0 Å². The number of carboxylic acid groups (broad SMARTS) is 1. The Kier molecular flexibility index (Phi) is 6.40. The van der Waals surface area contributed by atoms with Gasteiger partial charge in [-0.05, 0) is 64.5 Å². The van der Waals surface area contributed by atoms with Gasteiger partial charge in [-0.3, -0.25) is 9.78 Å². The number of aliphatic carboxylic acids is 1. The van der Waals surface area contributed by atoms with Gasteiger partial charge in [-0.25, -0.2) is 19.3 Å². The highest BCUT2D eigenvalue weighted by Crippen LogP contribution is 2.43. The van der Waals surface area contributed by atoms with Crippen molar-refractivity contribution in [3.8, 4) is 10.6 Å². The van der Waals surface area contributed by atoms with Gasteiger partial charge in [0.05, 0.1) is 28.4 Å². The van der Waals surface area contributed by atoms with Gasteiger partial charge in [0.15, 0.2) is 5.82 Å². The van der Waals surface area contributed by atoms with Crippen molar-refractivity contribution >= 4 is 28.9 Å². The number of aromatic nitrogens is 4. The second-order valence-corrected chi connectivity index (χ2v) is 9.73. The van der Waals surface area contributed by atoms with Gasteiger partial charge in [0.25, 0.3) is 0 Å². The second-order valence-electron chi connectivity index (χ2n) is 8.70. The smallest absolute Gasteiger partial charge is 0.306 e. The summed E-state index contributed by atoms with van der Waals surface area (Å²) in [4.78, 5) is 29.2. The summed E-state index contributed by atoms with van der Waals surface area (Å²) < 4.78 is 13.5. The van der Waals surface area contributed by atoms with E-state index in [0.717, 1.165) is 16.8 Å². The average molecular weight is 472 g/mol. The monoisotopic (exact) mass is 471 g/mol. The highest BCUT2D eigenvalue weighted by Gasteiger charge is 2.40. The minimum atomic E-state index is -1.14. The summed E-state index contributed by atoms with van der Waals surface area (Å²) in [5.74, 6) is -1.32. The van der Waals surface area contributed by atoms with Crippen molar-refractivity contribution in [1.29, 1.82) is 0 Å². The molecule has 4 rings (SSSR count). The fourth-order valence-electron chi connectivity index (χ4n) is 4.21. The van der Waals surface area contributed by atoms with Crippen molar-refractivity contribution < 1.29 is 19.4 Å². The summed E-state index contributed by atoms with van der Waals surface area (Å²) >= 11 is 1.37. The Hall–Kier alpha value is -2.98. The Labute approximate surface area is 195 Å². The van der Waals surface area contributed by atoms with Gasteiger partial charge in [0.1, 0.15) is 10.6 Å². The molecule has 0 spiro atoms. The molecule has 0 amide bonds. The first-order chi connectivity index (χ1) is 15.6. The minimum absolute atomic E-state index is 0.0475. The molecule has 3 aromatic heterocycles. The Morgan fingerprint density at radius 2 is 1.88 bits per heavy atom. The maximum Gasteiger partial charge on any atom is 0.306 e. The van der Waals surface area contributed by atoms with Gasteiger partial charge in [-0.1, -0.05) is 0 Å². The number of hydrogen-bond donors (Lipinski definition) is 3. The molecule has 3 aromatic rings. The van der Waals surface area contributed by atoms with Crippen molar-refractivity contribution in [2.24, 2.45) is 11.8 Å². The first kappa shape index (κ1) is 23.2. The largest absolute Gasteiger partial charge is 0.481 e. The molecule has 1 atom stereocenters. The molecule has 0 radical (unpaired) electrons. The highest BCUT2D eigenvalue weighted by atomic mass is 32.1. The molecular weight excluding hydrogens is 445 g/mol. The van der Waals surface area contributed by atoms with Gasteiger partial charge in [0.2, 0.25) is 5.95 Å². The Balaban J connectivity index is 1.54. The van der Waals surface area contributed by atoms with Crippen LogP contribution in [-0.4, -0.2) is 36.1 Å². The van der Waals surface area contributed by atoms with Crippen LogP contribution in [0.3, 0.4) is 0 Å². The summed E-state index contributed by atoms with van der Waals surface area (Å²) in [5, 5.41) is 24.2. The lowest BCUT2D eigenvalue weighted by Gasteiger charge is -2.35. The fourth-order valence-corrected chi connectivity index (χ4v) is 5.21. The maximum absolute atomic E-state index is 13.5. The fraction of sp³-hybridized carbons (Fsp3) is 0.435. The van der Waals surface area contributed by atoms with E-state index in [4.69, 9.17) is 0 Å². The van der Waals surface area contributed by atoms with Crippen molar-refractivity contribution in [2.75, 3.05) is 5.32 Å². The zero-order valence-corrected chi connectivity index (χ0v) is 19.5. The molecule has 0 bridgehead atoms. The number of aliphatic hydroxyl groups is 1. The molecule has 0 saturated heterocycles. The molecule has 1 aliphatic rings. The molecule has 0 aromatic carbocycles. The first-order valence-corrected chi connectivity index (χ1v) is 11.6. The number of halogens is 1. The molecule has 1 aliphatic carbocycles. The van der Waals surface area contributed by atoms with E-state index in [9.17, 15) is 19.4 Å². The quantitative estimate of drug-likeness (QED) is 0.477. The van der Waals surface area contributed by atoms with Crippen LogP contribution in [0.25, 0.3) is 10.6 Å². The van der Waals surface area contributed by atoms with E-state index in [0.29, 0.717) is 42.1 Å². The Bertz CT molecular complexity index is 1170. The van der Waals surface area contributed by atoms with Crippen LogP contribution in [0.4, 0.5) is 16.0 Å². The van der Waals surface area contributed by atoms with E-state index >= 15 is 0 Å². The molecule has 0 aliphatic heterocycles. The van der Waals surface area contributed by atoms with E-state index in [2.05, 4.69) is 25.3 Å². The van der Waals surface area contributed by atoms with Crippen LogP contribution >= 0.6 is 11.3 Å². The van der Waals surface area contributed by atoms with Gasteiger partial charge < -0.3 is 15.5 Å². The van der Waals surface area contributed by atoms with Crippen LogP contribution in [0.2, 0.25) is 0 Å². The van der Waals surface area contributed by atoms with E-state index in [1.54, 1.807) is 20.0 Å². The molecule has 3 N–H and O–H groups in total. The van der Waals surface area contributed by atoms with E-state index in [-0.39, 0.29) is 23.5 Å². The minimum Gasteiger partial charge on any atom is -0.481 e. The normalized spacial score (nSPS) is 20.3. The predicted molar refractivity (Wildman–Crippen MR) is 123 cm³/mol. The number of carboxylic acids is 1. The van der Waals surface area contributed by atoms with Crippen LogP contribution in [0.15, 0.2) is 24.5 Å². The van der Waals surface area contributed by atoms with E-state index in [1.807, 2.05) is 19.1 Å². The topological polar surface area (TPSA) is 121 Å². The number of aryl methyl sites for hydroxylation is 2. The van der Waals surface area contributed by atoms with Gasteiger partial charge in [-0.2, -0.15) is 0 Å². The number of anilines is 2. The number of pyridine rings is 1. The van der Waals surface area contributed by atoms with E-state index in [1.165, 1.54) is 11.3 Å². The molecule has 1 unspecified atom stereocenters. The Morgan fingerprint density at radius 1 is 1.15 bits per heavy atom. The average Bonchev–Trinajstić information content (AvgIpc) is 3.27. The molecule has 10 heteroatoms. The molecule has 1 saturated carbocycles. The number of nitrogens with one attached hydrogen (secondary N) is 1. The zero-order valence-electron chi connectivity index (χ0n) is 18.7. The number of hydrogen-bond acceptors (Lipinski definition) is 8. The van der Waals surface area contributed by atoms with Crippen molar-refractivity contribution in [2.45, 2.75) is 52.1 Å². The molecule has 33 heavy (non-hydrogen) atoms. The van der Waals surface area contributed by atoms with Crippen molar-refractivity contribution in [3.63, 3.8) is 0 Å². The summed E-state index contributed by atoms with van der Waals surface area (Å²) in [6, 6.07) is 3.67. The van der Waals surface area contributed by atoms with Gasteiger partial charge >= 0.3 is 5.97 Å². The number of rotatable bonds is 6. The maximum atomic E-state index is 13.5. The van der Waals surface area contributed by atoms with Crippen LogP contribution in [0.5, 0.6) is 0 Å². The second kappa shape index (κ2) is 9.11. The lowest BCUT2D eigenvalue weighted by molar-refractivity contribution is -0.144. The molecule has 174 valence electrons. The zero-order chi connectivity index (χ0) is 23.8. The summed E-state index contributed by atoms with van der Waals surface area (Å²) in [6.07, 6.45) is 5.24. The summed E-state index contributed by atoms with van der Waals surface area (Å²) in [6.45, 7) is 5.20. The van der Waals surface area contributed by atoms with E-state index < -0.39 is 17.4 Å². The van der Waals surface area contributed by atoms with Crippen LogP contribution in [0, 0.1) is 31.5 Å².